The Morgan fingerprint density at radius 3 is 1.68 bits per heavy atom. The van der Waals surface area contributed by atoms with Gasteiger partial charge in [0, 0.05) is 0 Å². The molecular weight excluding hydrogens is 354 g/mol. The Morgan fingerprint density at radius 2 is 1.18 bits per heavy atom. The molecular formula is C22H23N3O3. The predicted molar refractivity (Wildman–Crippen MR) is 111 cm³/mol. The molecule has 0 bridgehead atoms. The van der Waals surface area contributed by atoms with E-state index in [1.54, 1.807) is 12.2 Å². The number of hydrogen-bond acceptors (Lipinski definition) is 6. The molecule has 0 aliphatic rings. The summed E-state index contributed by atoms with van der Waals surface area (Å²) in [5.74, 6) is 0. The highest BCUT2D eigenvalue weighted by Gasteiger charge is 2.09. The molecule has 0 aliphatic carbocycles. The van der Waals surface area contributed by atoms with Crippen LogP contribution in [0, 0.1) is 0 Å². The van der Waals surface area contributed by atoms with Gasteiger partial charge in [-0.3, -0.25) is 0 Å². The molecule has 0 radical (unpaired) electrons. The van der Waals surface area contributed by atoms with E-state index in [1.807, 2.05) is 54.6 Å². The number of aromatic nitrogens is 3. The first-order chi connectivity index (χ1) is 13.7. The molecule has 0 N–H and O–H groups in total. The molecule has 28 heavy (non-hydrogen) atoms. The van der Waals surface area contributed by atoms with Crippen molar-refractivity contribution in [1.82, 2.24) is 15.0 Å². The minimum Gasteiger partial charge on any atom is -0.459 e. The van der Waals surface area contributed by atoms with E-state index < -0.39 is 0 Å². The summed E-state index contributed by atoms with van der Waals surface area (Å²) in [5, 5.41) is 0. The Morgan fingerprint density at radius 1 is 0.679 bits per heavy atom. The molecule has 0 unspecified atom stereocenters. The molecule has 0 saturated heterocycles. The summed E-state index contributed by atoms with van der Waals surface area (Å²) >= 11 is 0. The monoisotopic (exact) mass is 377 g/mol. The van der Waals surface area contributed by atoms with Crippen LogP contribution in [-0.4, -0.2) is 34.8 Å². The van der Waals surface area contributed by atoms with Gasteiger partial charge in [-0.15, -0.1) is 15.0 Å². The predicted octanol–water partition coefficient (Wildman–Crippen LogP) is 4.29. The van der Waals surface area contributed by atoms with Gasteiger partial charge in [0.25, 0.3) is 0 Å². The Labute approximate surface area is 165 Å². The van der Waals surface area contributed by atoms with Gasteiger partial charge in [-0.1, -0.05) is 80.5 Å². The number of benzene rings is 1. The van der Waals surface area contributed by atoms with Gasteiger partial charge in [0.1, 0.15) is 19.8 Å². The van der Waals surface area contributed by atoms with Gasteiger partial charge in [-0.05, 0) is 17.2 Å². The zero-order valence-corrected chi connectivity index (χ0v) is 15.7. The minimum atomic E-state index is 0.107. The van der Waals surface area contributed by atoms with E-state index in [0.29, 0.717) is 0 Å². The maximum Gasteiger partial charge on any atom is 0.326 e. The third-order valence-corrected chi connectivity index (χ3v) is 3.25. The van der Waals surface area contributed by atoms with E-state index in [2.05, 4.69) is 34.7 Å². The second-order valence-corrected chi connectivity index (χ2v) is 5.35. The van der Waals surface area contributed by atoms with Crippen molar-refractivity contribution >= 4 is 12.2 Å². The summed E-state index contributed by atoms with van der Waals surface area (Å²) in [7, 11) is 0. The zero-order chi connectivity index (χ0) is 20.0. The summed E-state index contributed by atoms with van der Waals surface area (Å²) in [6.45, 7) is 11.7. The highest BCUT2D eigenvalue weighted by atomic mass is 16.5. The van der Waals surface area contributed by atoms with Crippen molar-refractivity contribution in [1.29, 1.82) is 0 Å². The molecule has 0 atom stereocenters. The second-order valence-electron chi connectivity index (χ2n) is 5.35. The fourth-order valence-electron chi connectivity index (χ4n) is 1.95. The fourth-order valence-corrected chi connectivity index (χ4v) is 1.95. The van der Waals surface area contributed by atoms with Crippen molar-refractivity contribution in [3.63, 3.8) is 0 Å². The average Bonchev–Trinajstić information content (AvgIpc) is 2.73. The van der Waals surface area contributed by atoms with E-state index in [-0.39, 0.29) is 37.9 Å². The van der Waals surface area contributed by atoms with Crippen LogP contribution >= 0.6 is 0 Å². The molecule has 6 heteroatoms. The lowest BCUT2D eigenvalue weighted by atomic mass is 10.1. The lowest BCUT2D eigenvalue weighted by Gasteiger charge is -2.07. The molecule has 1 heterocycles. The summed E-state index contributed by atoms with van der Waals surface area (Å²) in [4.78, 5) is 12.2. The lowest BCUT2D eigenvalue weighted by Crippen LogP contribution is -2.07. The first-order valence-corrected chi connectivity index (χ1v) is 8.67. The van der Waals surface area contributed by atoms with E-state index in [9.17, 15) is 0 Å². The third-order valence-electron chi connectivity index (χ3n) is 3.25. The molecule has 0 amide bonds. The Kier molecular flexibility index (Phi) is 8.74. The van der Waals surface area contributed by atoms with Crippen molar-refractivity contribution < 1.29 is 14.2 Å². The van der Waals surface area contributed by atoms with Crippen LogP contribution in [0.15, 0.2) is 74.4 Å². The topological polar surface area (TPSA) is 66.4 Å². The number of nitrogens with zero attached hydrogens (tertiary/aromatic N) is 3. The van der Waals surface area contributed by atoms with E-state index in [1.165, 1.54) is 0 Å². The van der Waals surface area contributed by atoms with Crippen molar-refractivity contribution in [3.8, 4) is 18.0 Å². The van der Waals surface area contributed by atoms with Crippen molar-refractivity contribution in [3.05, 3.63) is 85.5 Å². The summed E-state index contributed by atoms with van der Waals surface area (Å²) < 4.78 is 16.2. The number of hydrogen-bond donors (Lipinski definition) is 0. The first kappa shape index (κ1) is 20.6. The maximum atomic E-state index is 5.52. The highest BCUT2D eigenvalue weighted by Crippen LogP contribution is 2.15. The summed E-state index contributed by atoms with van der Waals surface area (Å²) in [6, 6.07) is 8.40. The van der Waals surface area contributed by atoms with Crippen molar-refractivity contribution in [2.24, 2.45) is 0 Å². The van der Waals surface area contributed by atoms with Crippen LogP contribution < -0.4 is 14.2 Å². The average molecular weight is 377 g/mol. The Balaban J connectivity index is 1.91. The number of rotatable bonds is 12. The molecule has 0 saturated carbocycles. The Hall–Kier alpha value is -3.67. The molecule has 0 fully saturated rings. The molecule has 0 aliphatic heterocycles. The van der Waals surface area contributed by atoms with Gasteiger partial charge < -0.3 is 14.2 Å². The van der Waals surface area contributed by atoms with E-state index in [4.69, 9.17) is 14.2 Å². The second kappa shape index (κ2) is 11.9. The zero-order valence-electron chi connectivity index (χ0n) is 15.7. The molecule has 1 aromatic heterocycles. The van der Waals surface area contributed by atoms with Gasteiger partial charge in [0.05, 0.1) is 0 Å². The van der Waals surface area contributed by atoms with Crippen molar-refractivity contribution in [2.45, 2.75) is 0 Å². The fraction of sp³-hybridized carbons (Fsp3) is 0.136. The van der Waals surface area contributed by atoms with Gasteiger partial charge >= 0.3 is 18.0 Å². The standard InChI is InChI=1S/C22H23N3O3/c1-4-15-26-20-23-21(27-16-5-2)25-22(24-20)28-17-9-7-8-10-19-13-11-18(6-3)12-14-19/h4-14H,1-3,15-17H2/b9-7-,10-8-. The maximum absolute atomic E-state index is 5.52. The lowest BCUT2D eigenvalue weighted by molar-refractivity contribution is 0.268. The van der Waals surface area contributed by atoms with Crippen LogP contribution in [-0.2, 0) is 0 Å². The van der Waals surface area contributed by atoms with Gasteiger partial charge in [-0.25, -0.2) is 0 Å². The molecule has 0 spiro atoms. The molecule has 2 rings (SSSR count). The molecule has 6 nitrogen and oxygen atoms in total. The van der Waals surface area contributed by atoms with Crippen molar-refractivity contribution in [2.75, 3.05) is 19.8 Å². The molecule has 2 aromatic rings. The quantitative estimate of drug-likeness (QED) is 0.406. The largest absolute Gasteiger partial charge is 0.459 e. The van der Waals surface area contributed by atoms with Crippen LogP contribution in [0.4, 0.5) is 0 Å². The van der Waals surface area contributed by atoms with Crippen LogP contribution in [0.3, 0.4) is 0 Å². The van der Waals surface area contributed by atoms with Crippen LogP contribution in [0.1, 0.15) is 11.1 Å². The summed E-state index contributed by atoms with van der Waals surface area (Å²) in [6.07, 6.45) is 12.6. The van der Waals surface area contributed by atoms with Crippen LogP contribution in [0.5, 0.6) is 18.0 Å². The first-order valence-electron chi connectivity index (χ1n) is 8.67. The minimum absolute atomic E-state index is 0.107. The SMILES string of the molecule is C=CCOc1nc(OCC=C)nc(OC/C=C\C=C/c2ccc(C=C)cc2)n1. The normalized spacial score (nSPS) is 10.7. The third kappa shape index (κ3) is 7.29. The van der Waals surface area contributed by atoms with E-state index >= 15 is 0 Å². The number of allylic oxidation sites excluding steroid dienone is 2. The van der Waals surface area contributed by atoms with E-state index in [0.717, 1.165) is 11.1 Å². The smallest absolute Gasteiger partial charge is 0.326 e. The molecule has 144 valence electrons. The summed E-state index contributed by atoms with van der Waals surface area (Å²) in [5.41, 5.74) is 2.19. The van der Waals surface area contributed by atoms with Gasteiger partial charge in [0.2, 0.25) is 0 Å². The Bertz CT molecular complexity index is 812. The number of ether oxygens (including phenoxy) is 3. The van der Waals surface area contributed by atoms with Gasteiger partial charge in [-0.2, -0.15) is 0 Å². The molecule has 1 aromatic carbocycles. The highest BCUT2D eigenvalue weighted by molar-refractivity contribution is 5.55. The van der Waals surface area contributed by atoms with Crippen LogP contribution in [0.25, 0.3) is 12.2 Å². The van der Waals surface area contributed by atoms with Gasteiger partial charge in [0.15, 0.2) is 0 Å². The van der Waals surface area contributed by atoms with Crippen LogP contribution in [0.2, 0.25) is 0 Å².